The minimum Gasteiger partial charge on any atom is -0.316 e. The van der Waals surface area contributed by atoms with Crippen LogP contribution in [0.1, 0.15) is 36.3 Å². The molecule has 1 atom stereocenters. The van der Waals surface area contributed by atoms with Crippen LogP contribution in [0.2, 0.25) is 0 Å². The van der Waals surface area contributed by atoms with Crippen molar-refractivity contribution in [2.75, 3.05) is 5.32 Å². The average Bonchev–Trinajstić information content (AvgIpc) is 2.71. The molecule has 2 rings (SSSR count). The molecule has 0 unspecified atom stereocenters. The maximum Gasteiger partial charge on any atom is 0.233 e. The lowest BCUT2D eigenvalue weighted by molar-refractivity contribution is -0.120. The third-order valence-electron chi connectivity index (χ3n) is 3.66. The van der Waals surface area contributed by atoms with Crippen molar-refractivity contribution in [3.05, 3.63) is 16.0 Å². The third-order valence-corrected chi connectivity index (χ3v) is 7.03. The number of rotatable bonds is 3. The molecule has 6 heteroatoms. The van der Waals surface area contributed by atoms with E-state index in [-0.39, 0.29) is 9.14 Å². The Labute approximate surface area is 133 Å². The lowest BCUT2D eigenvalue weighted by Gasteiger charge is -2.12. The molecule has 0 spiro atoms. The summed E-state index contributed by atoms with van der Waals surface area (Å²) in [7, 11) is 0. The fourth-order valence-electron chi connectivity index (χ4n) is 2.10. The van der Waals surface area contributed by atoms with Crippen LogP contribution in [0.4, 0.5) is 5.00 Å². The van der Waals surface area contributed by atoms with Crippen LogP contribution in [0.25, 0.3) is 0 Å². The predicted molar refractivity (Wildman–Crippen MR) is 85.1 cm³/mol. The van der Waals surface area contributed by atoms with Gasteiger partial charge in [-0.25, -0.2) is 0 Å². The van der Waals surface area contributed by atoms with Gasteiger partial charge in [0.25, 0.3) is 0 Å². The van der Waals surface area contributed by atoms with Crippen molar-refractivity contribution in [1.82, 2.24) is 0 Å². The highest BCUT2D eigenvalue weighted by molar-refractivity contribution is 9.25. The van der Waals surface area contributed by atoms with Gasteiger partial charge in [-0.05, 0) is 32.3 Å². The molecule has 1 amide bonds. The zero-order valence-corrected chi connectivity index (χ0v) is 14.9. The summed E-state index contributed by atoms with van der Waals surface area (Å²) in [4.78, 5) is 13.4. The Morgan fingerprint density at radius 3 is 2.58 bits per heavy atom. The molecule has 0 aliphatic heterocycles. The Hall–Kier alpha value is -0.380. The number of alkyl halides is 2. The lowest BCUT2D eigenvalue weighted by atomic mass is 10.1. The molecule has 0 bridgehead atoms. The molecule has 1 heterocycles. The van der Waals surface area contributed by atoms with E-state index in [4.69, 9.17) is 0 Å². The van der Waals surface area contributed by atoms with Crippen molar-refractivity contribution in [3.63, 3.8) is 0 Å². The Morgan fingerprint density at radius 2 is 2.16 bits per heavy atom. The number of hydrogen-bond donors (Lipinski definition) is 1. The number of anilines is 1. The van der Waals surface area contributed by atoms with Crippen molar-refractivity contribution in [3.8, 4) is 6.07 Å². The van der Waals surface area contributed by atoms with E-state index in [1.165, 1.54) is 11.3 Å². The number of halogens is 2. The summed E-state index contributed by atoms with van der Waals surface area (Å²) in [5, 5.41) is 12.8. The molecule has 0 saturated heterocycles. The van der Waals surface area contributed by atoms with Crippen LogP contribution in [-0.4, -0.2) is 9.14 Å². The van der Waals surface area contributed by atoms with E-state index in [0.717, 1.165) is 23.3 Å². The number of nitriles is 1. The van der Waals surface area contributed by atoms with Crippen molar-refractivity contribution in [1.29, 1.82) is 5.26 Å². The quantitative estimate of drug-likeness (QED) is 0.761. The van der Waals surface area contributed by atoms with Gasteiger partial charge in [0.2, 0.25) is 5.91 Å². The molecule has 102 valence electrons. The number of amides is 1. The SMILES string of the molecule is CCc1c(C)sc(NC(=O)[C@]2(C)CC2(Br)Br)c1C#N. The van der Waals surface area contributed by atoms with Crippen LogP contribution < -0.4 is 5.32 Å². The molecule has 1 aliphatic rings. The van der Waals surface area contributed by atoms with Gasteiger partial charge in [0.1, 0.15) is 11.1 Å². The molecular weight excluding hydrogens is 392 g/mol. The summed E-state index contributed by atoms with van der Waals surface area (Å²) in [6.45, 7) is 5.91. The molecule has 19 heavy (non-hydrogen) atoms. The fourth-order valence-corrected chi connectivity index (χ4v) is 4.67. The van der Waals surface area contributed by atoms with E-state index < -0.39 is 5.41 Å². The molecule has 3 nitrogen and oxygen atoms in total. The molecule has 0 radical (unpaired) electrons. The minimum absolute atomic E-state index is 0.0540. The first-order valence-electron chi connectivity index (χ1n) is 5.98. The summed E-state index contributed by atoms with van der Waals surface area (Å²) in [6.07, 6.45) is 1.54. The van der Waals surface area contributed by atoms with Crippen LogP contribution >= 0.6 is 43.2 Å². The van der Waals surface area contributed by atoms with E-state index in [1.807, 2.05) is 20.8 Å². The maximum absolute atomic E-state index is 12.3. The Balaban J connectivity index is 2.26. The molecule has 1 aliphatic carbocycles. The zero-order valence-electron chi connectivity index (χ0n) is 10.9. The van der Waals surface area contributed by atoms with Gasteiger partial charge < -0.3 is 5.32 Å². The van der Waals surface area contributed by atoms with E-state index >= 15 is 0 Å². The second-order valence-electron chi connectivity index (χ2n) is 4.97. The molecule has 1 fully saturated rings. The highest BCUT2D eigenvalue weighted by atomic mass is 79.9. The lowest BCUT2D eigenvalue weighted by Crippen LogP contribution is -2.25. The van der Waals surface area contributed by atoms with Crippen molar-refractivity contribution in [2.24, 2.45) is 5.41 Å². The van der Waals surface area contributed by atoms with Crippen LogP contribution in [0.5, 0.6) is 0 Å². The van der Waals surface area contributed by atoms with Gasteiger partial charge >= 0.3 is 0 Å². The number of nitrogens with one attached hydrogen (secondary N) is 1. The van der Waals surface area contributed by atoms with Crippen molar-refractivity contribution >= 4 is 54.1 Å². The number of hydrogen-bond acceptors (Lipinski definition) is 3. The number of carbonyl (C=O) groups is 1. The standard InChI is InChI=1S/C13H14Br2N2OS/c1-4-8-7(2)19-10(9(8)5-16)17-11(18)12(3)6-13(12,14)15/h4,6H2,1-3H3,(H,17,18)/t12-/m0/s1. The van der Waals surface area contributed by atoms with Crippen LogP contribution in [0.3, 0.4) is 0 Å². The third kappa shape index (κ3) is 2.37. The first-order chi connectivity index (χ1) is 8.76. The van der Waals surface area contributed by atoms with Crippen LogP contribution in [0.15, 0.2) is 0 Å². The smallest absolute Gasteiger partial charge is 0.233 e. The zero-order chi connectivity index (χ0) is 14.4. The minimum atomic E-state index is -0.468. The van der Waals surface area contributed by atoms with Gasteiger partial charge in [0.15, 0.2) is 0 Å². The summed E-state index contributed by atoms with van der Waals surface area (Å²) >= 11 is 8.45. The fraction of sp³-hybridized carbons (Fsp3) is 0.538. The summed E-state index contributed by atoms with van der Waals surface area (Å²) < 4.78 is -0.316. The highest BCUT2D eigenvalue weighted by Gasteiger charge is 2.66. The topological polar surface area (TPSA) is 52.9 Å². The Morgan fingerprint density at radius 1 is 1.58 bits per heavy atom. The molecular formula is C13H14Br2N2OS. The van der Waals surface area contributed by atoms with E-state index in [1.54, 1.807) is 0 Å². The normalized spacial score (nSPS) is 23.8. The van der Waals surface area contributed by atoms with Gasteiger partial charge in [0, 0.05) is 4.88 Å². The molecule has 1 aromatic heterocycles. The first kappa shape index (κ1) is 15.0. The second kappa shape index (κ2) is 4.87. The van der Waals surface area contributed by atoms with Crippen molar-refractivity contribution in [2.45, 2.75) is 36.8 Å². The molecule has 0 aromatic carbocycles. The van der Waals surface area contributed by atoms with E-state index in [9.17, 15) is 10.1 Å². The van der Waals surface area contributed by atoms with Gasteiger partial charge in [-0.1, -0.05) is 38.8 Å². The maximum atomic E-state index is 12.3. The van der Waals surface area contributed by atoms with Gasteiger partial charge in [0.05, 0.1) is 14.2 Å². The number of nitrogens with zero attached hydrogens (tertiary/aromatic N) is 1. The number of carbonyl (C=O) groups excluding carboxylic acids is 1. The monoisotopic (exact) mass is 404 g/mol. The Bertz CT molecular complexity index is 588. The highest BCUT2D eigenvalue weighted by Crippen LogP contribution is 2.66. The molecule has 1 N–H and O–H groups in total. The Kier molecular flexibility index (Phi) is 3.85. The van der Waals surface area contributed by atoms with Gasteiger partial charge in [-0.15, -0.1) is 11.3 Å². The van der Waals surface area contributed by atoms with Crippen LogP contribution in [0, 0.1) is 23.7 Å². The van der Waals surface area contributed by atoms with E-state index in [0.29, 0.717) is 10.6 Å². The number of aryl methyl sites for hydroxylation is 1. The average molecular weight is 406 g/mol. The van der Waals surface area contributed by atoms with Gasteiger partial charge in [-0.3, -0.25) is 4.79 Å². The summed E-state index contributed by atoms with van der Waals surface area (Å²) in [5.74, 6) is -0.0540. The van der Waals surface area contributed by atoms with E-state index in [2.05, 4.69) is 43.2 Å². The second-order valence-corrected chi connectivity index (χ2v) is 9.97. The molecule has 1 saturated carbocycles. The largest absolute Gasteiger partial charge is 0.316 e. The van der Waals surface area contributed by atoms with Crippen molar-refractivity contribution < 1.29 is 4.79 Å². The summed E-state index contributed by atoms with van der Waals surface area (Å²) in [6, 6.07) is 2.21. The number of thiophene rings is 1. The molecule has 1 aromatic rings. The predicted octanol–water partition coefficient (Wildman–Crippen LogP) is 4.33. The van der Waals surface area contributed by atoms with Gasteiger partial charge in [-0.2, -0.15) is 5.26 Å². The first-order valence-corrected chi connectivity index (χ1v) is 8.38. The van der Waals surface area contributed by atoms with Crippen LogP contribution in [-0.2, 0) is 11.2 Å². The summed E-state index contributed by atoms with van der Waals surface area (Å²) in [5.41, 5.74) is 1.18.